The zero-order chi connectivity index (χ0) is 21.6. The lowest BCUT2D eigenvalue weighted by Gasteiger charge is -2.25. The van der Waals surface area contributed by atoms with Crippen LogP contribution < -0.4 is 14.8 Å². The highest BCUT2D eigenvalue weighted by atomic mass is 16.5. The van der Waals surface area contributed by atoms with Crippen molar-refractivity contribution in [2.24, 2.45) is 5.92 Å². The number of amides is 1. The highest BCUT2D eigenvalue weighted by Crippen LogP contribution is 2.28. The van der Waals surface area contributed by atoms with Crippen LogP contribution in [-0.2, 0) is 11.2 Å². The van der Waals surface area contributed by atoms with Gasteiger partial charge in [-0.1, -0.05) is 30.3 Å². The second kappa shape index (κ2) is 9.85. The molecule has 1 unspecified atom stereocenters. The monoisotopic (exact) mass is 413 g/mol. The molecule has 1 heterocycles. The Balaban J connectivity index is 1.46. The summed E-state index contributed by atoms with van der Waals surface area (Å²) in [6.07, 6.45) is 0.0183. The largest absolute Gasteiger partial charge is 0.493 e. The van der Waals surface area contributed by atoms with Gasteiger partial charge in [0, 0.05) is 17.9 Å². The molecule has 0 spiro atoms. The van der Waals surface area contributed by atoms with Gasteiger partial charge >= 0.3 is 6.09 Å². The van der Waals surface area contributed by atoms with Crippen LogP contribution in [0.1, 0.15) is 44.4 Å². The van der Waals surface area contributed by atoms with E-state index in [0.29, 0.717) is 25.4 Å². The molecule has 1 aliphatic heterocycles. The van der Waals surface area contributed by atoms with Crippen molar-refractivity contribution in [3.05, 3.63) is 59.7 Å². The van der Waals surface area contributed by atoms with E-state index in [1.165, 1.54) is 5.56 Å². The first-order valence-corrected chi connectivity index (χ1v) is 10.4. The van der Waals surface area contributed by atoms with Gasteiger partial charge in [0.05, 0.1) is 25.9 Å². The van der Waals surface area contributed by atoms with Crippen molar-refractivity contribution < 1.29 is 24.1 Å². The van der Waals surface area contributed by atoms with E-state index < -0.39 is 12.2 Å². The van der Waals surface area contributed by atoms with E-state index in [0.717, 1.165) is 17.7 Å². The van der Waals surface area contributed by atoms with E-state index in [-0.39, 0.29) is 18.1 Å². The second-order valence-corrected chi connectivity index (χ2v) is 8.69. The minimum atomic E-state index is -0.735. The summed E-state index contributed by atoms with van der Waals surface area (Å²) in [4.78, 5) is 11.7. The Morgan fingerprint density at radius 1 is 1.23 bits per heavy atom. The zero-order valence-corrected chi connectivity index (χ0v) is 17.9. The SMILES string of the molecule is CC(C)(C)NC(=O)OCC[C@@H](O)c1cccc(OCC2COc3ccccc3C2)c1. The van der Waals surface area contributed by atoms with Gasteiger partial charge in [0.1, 0.15) is 11.5 Å². The number of carbonyl (C=O) groups excluding carboxylic acids is 1. The first-order chi connectivity index (χ1) is 14.3. The number of aliphatic hydroxyl groups excluding tert-OH is 1. The van der Waals surface area contributed by atoms with Crippen molar-refractivity contribution in [1.29, 1.82) is 0 Å². The summed E-state index contributed by atoms with van der Waals surface area (Å²) in [5.74, 6) is 1.94. The Bertz CT molecular complexity index is 845. The van der Waals surface area contributed by atoms with E-state index in [1.807, 2.05) is 63.2 Å². The average molecular weight is 414 g/mol. The first-order valence-electron chi connectivity index (χ1n) is 10.4. The number of nitrogens with one attached hydrogen (secondary N) is 1. The van der Waals surface area contributed by atoms with Crippen LogP contribution in [0, 0.1) is 5.92 Å². The molecule has 2 aromatic rings. The molecule has 0 aromatic heterocycles. The van der Waals surface area contributed by atoms with Gasteiger partial charge in [-0.25, -0.2) is 4.79 Å². The summed E-state index contributed by atoms with van der Waals surface area (Å²) in [6.45, 7) is 6.96. The van der Waals surface area contributed by atoms with Crippen LogP contribution in [0.5, 0.6) is 11.5 Å². The van der Waals surface area contributed by atoms with Gasteiger partial charge < -0.3 is 24.6 Å². The van der Waals surface area contributed by atoms with Crippen LogP contribution in [0.2, 0.25) is 0 Å². The molecule has 2 aromatic carbocycles. The number of hydrogen-bond acceptors (Lipinski definition) is 5. The van der Waals surface area contributed by atoms with Crippen molar-refractivity contribution >= 4 is 6.09 Å². The summed E-state index contributed by atoms with van der Waals surface area (Å²) in [5, 5.41) is 13.2. The number of ether oxygens (including phenoxy) is 3. The number of benzene rings is 2. The van der Waals surface area contributed by atoms with Crippen molar-refractivity contribution in [3.8, 4) is 11.5 Å². The standard InChI is InChI=1S/C24H31NO5/c1-24(2,3)25-23(27)28-12-11-21(26)18-8-6-9-20(14-18)29-15-17-13-19-7-4-5-10-22(19)30-16-17/h4-10,14,17,21,26H,11-13,15-16H2,1-3H3,(H,25,27)/t17?,21-/m1/s1. The maximum Gasteiger partial charge on any atom is 0.407 e. The van der Waals surface area contributed by atoms with Gasteiger partial charge in [0.25, 0.3) is 0 Å². The highest BCUT2D eigenvalue weighted by molar-refractivity contribution is 5.68. The summed E-state index contributed by atoms with van der Waals surface area (Å²) in [5.41, 5.74) is 1.59. The lowest BCUT2D eigenvalue weighted by molar-refractivity contribution is 0.101. The summed E-state index contributed by atoms with van der Waals surface area (Å²) in [6, 6.07) is 15.5. The molecule has 2 N–H and O–H groups in total. The average Bonchev–Trinajstić information content (AvgIpc) is 2.71. The van der Waals surface area contributed by atoms with E-state index >= 15 is 0 Å². The highest BCUT2D eigenvalue weighted by Gasteiger charge is 2.20. The van der Waals surface area contributed by atoms with Crippen molar-refractivity contribution in [2.45, 2.75) is 45.3 Å². The molecule has 1 aliphatic rings. The molecular weight excluding hydrogens is 382 g/mol. The molecule has 0 radical (unpaired) electrons. The Morgan fingerprint density at radius 3 is 2.83 bits per heavy atom. The Hall–Kier alpha value is -2.73. The van der Waals surface area contributed by atoms with Crippen LogP contribution in [0.3, 0.4) is 0 Å². The molecule has 0 fully saturated rings. The molecular formula is C24H31NO5. The summed E-state index contributed by atoms with van der Waals surface area (Å²) in [7, 11) is 0. The maximum atomic E-state index is 11.7. The Labute approximate surface area is 178 Å². The number of fused-ring (bicyclic) bond motifs is 1. The molecule has 0 aliphatic carbocycles. The summed E-state index contributed by atoms with van der Waals surface area (Å²) < 4.78 is 16.9. The molecule has 0 saturated carbocycles. The third-order valence-corrected chi connectivity index (χ3v) is 4.79. The van der Waals surface area contributed by atoms with Gasteiger partial charge in [0.2, 0.25) is 0 Å². The number of para-hydroxylation sites is 1. The number of rotatable bonds is 7. The molecule has 1 amide bonds. The fourth-order valence-corrected chi connectivity index (χ4v) is 3.30. The minimum absolute atomic E-state index is 0.132. The van der Waals surface area contributed by atoms with Crippen molar-refractivity contribution in [3.63, 3.8) is 0 Å². The zero-order valence-electron chi connectivity index (χ0n) is 17.9. The lowest BCUT2D eigenvalue weighted by Crippen LogP contribution is -2.41. The molecule has 6 nitrogen and oxygen atoms in total. The number of hydrogen-bond donors (Lipinski definition) is 2. The molecule has 30 heavy (non-hydrogen) atoms. The normalized spacial score (nSPS) is 16.7. The topological polar surface area (TPSA) is 77.0 Å². The second-order valence-electron chi connectivity index (χ2n) is 8.69. The third-order valence-electron chi connectivity index (χ3n) is 4.79. The predicted octanol–water partition coefficient (Wildman–Crippen LogP) is 4.26. The molecule has 0 bridgehead atoms. The molecule has 6 heteroatoms. The van der Waals surface area contributed by atoms with E-state index in [2.05, 4.69) is 11.4 Å². The minimum Gasteiger partial charge on any atom is -0.493 e. The Kier molecular flexibility index (Phi) is 7.21. The molecule has 3 rings (SSSR count). The van der Waals surface area contributed by atoms with Crippen LogP contribution >= 0.6 is 0 Å². The maximum absolute atomic E-state index is 11.7. The third kappa shape index (κ3) is 6.66. The fourth-order valence-electron chi connectivity index (χ4n) is 3.30. The van der Waals surface area contributed by atoms with Crippen LogP contribution in [0.4, 0.5) is 4.79 Å². The fraction of sp³-hybridized carbons (Fsp3) is 0.458. The van der Waals surface area contributed by atoms with Crippen LogP contribution in [-0.4, -0.2) is 36.6 Å². The molecule has 162 valence electrons. The Morgan fingerprint density at radius 2 is 2.03 bits per heavy atom. The quantitative estimate of drug-likeness (QED) is 0.709. The van der Waals surface area contributed by atoms with Gasteiger partial charge in [-0.15, -0.1) is 0 Å². The van der Waals surface area contributed by atoms with Crippen LogP contribution in [0.15, 0.2) is 48.5 Å². The molecule has 0 saturated heterocycles. The number of alkyl carbamates (subject to hydrolysis) is 1. The first kappa shape index (κ1) is 22.0. The smallest absolute Gasteiger partial charge is 0.407 e. The van der Waals surface area contributed by atoms with Crippen molar-refractivity contribution in [1.82, 2.24) is 5.32 Å². The van der Waals surface area contributed by atoms with Gasteiger partial charge in [-0.2, -0.15) is 0 Å². The molecule has 2 atom stereocenters. The predicted molar refractivity (Wildman–Crippen MR) is 115 cm³/mol. The van der Waals surface area contributed by atoms with Crippen LogP contribution in [0.25, 0.3) is 0 Å². The van der Waals surface area contributed by atoms with E-state index in [1.54, 1.807) is 0 Å². The van der Waals surface area contributed by atoms with Gasteiger partial charge in [-0.3, -0.25) is 0 Å². The van der Waals surface area contributed by atoms with E-state index in [4.69, 9.17) is 14.2 Å². The lowest BCUT2D eigenvalue weighted by atomic mass is 9.97. The number of aliphatic hydroxyl groups is 1. The van der Waals surface area contributed by atoms with Gasteiger partial charge in [-0.05, 0) is 56.5 Å². The van der Waals surface area contributed by atoms with E-state index in [9.17, 15) is 9.90 Å². The number of carbonyl (C=O) groups is 1. The van der Waals surface area contributed by atoms with Gasteiger partial charge in [0.15, 0.2) is 0 Å². The summed E-state index contributed by atoms with van der Waals surface area (Å²) >= 11 is 0. The van der Waals surface area contributed by atoms with Crippen molar-refractivity contribution in [2.75, 3.05) is 19.8 Å².